The number of hydrogen-bond acceptors (Lipinski definition) is 3. The molecule has 1 aromatic carbocycles. The molecule has 0 spiro atoms. The topological polar surface area (TPSA) is 37.8 Å². The average molecular weight is 341 g/mol. The first-order valence-electron chi connectivity index (χ1n) is 6.07. The highest BCUT2D eigenvalue weighted by Gasteiger charge is 2.13. The molecule has 2 rings (SSSR count). The molecule has 1 aromatic heterocycles. The van der Waals surface area contributed by atoms with Crippen LogP contribution in [0, 0.1) is 6.92 Å². The Labute approximate surface area is 126 Å². The summed E-state index contributed by atoms with van der Waals surface area (Å²) in [4.78, 5) is 9.17. The van der Waals surface area contributed by atoms with Gasteiger partial charge < -0.3 is 5.32 Å². The summed E-state index contributed by atoms with van der Waals surface area (Å²) in [6.45, 7) is 4.09. The van der Waals surface area contributed by atoms with Crippen molar-refractivity contribution < 1.29 is 0 Å². The van der Waals surface area contributed by atoms with E-state index in [0.717, 1.165) is 44.4 Å². The number of halogens is 2. The molecule has 0 aliphatic rings. The van der Waals surface area contributed by atoms with Crippen LogP contribution in [0.15, 0.2) is 22.7 Å². The minimum absolute atomic E-state index is 0.721. The molecule has 0 saturated carbocycles. The van der Waals surface area contributed by atoms with E-state index in [1.165, 1.54) is 0 Å². The third kappa shape index (κ3) is 2.90. The SMILES string of the molecule is CCc1nc(-c2ccc(Cl)cc2C)nc(NC)c1Br. The zero-order chi connectivity index (χ0) is 14.0. The molecule has 0 fully saturated rings. The molecule has 0 aliphatic heterocycles. The Kier molecular flexibility index (Phi) is 4.42. The van der Waals surface area contributed by atoms with Gasteiger partial charge in [-0.15, -0.1) is 0 Å². The maximum atomic E-state index is 5.99. The van der Waals surface area contributed by atoms with E-state index in [4.69, 9.17) is 11.6 Å². The Morgan fingerprint density at radius 3 is 2.63 bits per heavy atom. The number of benzene rings is 1. The van der Waals surface area contributed by atoms with Crippen molar-refractivity contribution in [1.82, 2.24) is 9.97 Å². The highest BCUT2D eigenvalue weighted by atomic mass is 79.9. The van der Waals surface area contributed by atoms with Crippen LogP contribution < -0.4 is 5.32 Å². The molecule has 0 amide bonds. The predicted octanol–water partition coefficient (Wildman–Crippen LogP) is 4.47. The van der Waals surface area contributed by atoms with Crippen molar-refractivity contribution in [3.05, 3.63) is 39.0 Å². The van der Waals surface area contributed by atoms with Gasteiger partial charge >= 0.3 is 0 Å². The van der Waals surface area contributed by atoms with Gasteiger partial charge in [0.2, 0.25) is 0 Å². The first kappa shape index (κ1) is 14.3. The van der Waals surface area contributed by atoms with Crippen LogP contribution in [0.25, 0.3) is 11.4 Å². The van der Waals surface area contributed by atoms with E-state index in [1.807, 2.05) is 32.2 Å². The van der Waals surface area contributed by atoms with Crippen LogP contribution in [0.4, 0.5) is 5.82 Å². The molecule has 5 heteroatoms. The lowest BCUT2D eigenvalue weighted by Crippen LogP contribution is -2.03. The molecule has 2 aromatic rings. The molecule has 0 bridgehead atoms. The van der Waals surface area contributed by atoms with Gasteiger partial charge in [-0.3, -0.25) is 0 Å². The fraction of sp³-hybridized carbons (Fsp3) is 0.286. The summed E-state index contributed by atoms with van der Waals surface area (Å²) in [6.07, 6.45) is 0.845. The third-order valence-corrected chi connectivity index (χ3v) is 3.99. The van der Waals surface area contributed by atoms with Crippen LogP contribution in [0.2, 0.25) is 5.02 Å². The second-order valence-corrected chi connectivity index (χ2v) is 5.45. The van der Waals surface area contributed by atoms with E-state index >= 15 is 0 Å². The predicted molar refractivity (Wildman–Crippen MR) is 83.8 cm³/mol. The van der Waals surface area contributed by atoms with Gasteiger partial charge in [-0.25, -0.2) is 9.97 Å². The lowest BCUT2D eigenvalue weighted by Gasteiger charge is -2.11. The molecule has 3 nitrogen and oxygen atoms in total. The summed E-state index contributed by atoms with van der Waals surface area (Å²) in [5.74, 6) is 1.52. The van der Waals surface area contributed by atoms with Crippen LogP contribution in [0.5, 0.6) is 0 Å². The smallest absolute Gasteiger partial charge is 0.162 e. The lowest BCUT2D eigenvalue weighted by atomic mass is 10.1. The normalized spacial score (nSPS) is 10.6. The van der Waals surface area contributed by atoms with Crippen LogP contribution in [-0.4, -0.2) is 17.0 Å². The van der Waals surface area contributed by atoms with Gasteiger partial charge in [0, 0.05) is 17.6 Å². The maximum Gasteiger partial charge on any atom is 0.162 e. The number of nitrogens with zero attached hydrogens (tertiary/aromatic N) is 2. The summed E-state index contributed by atoms with van der Waals surface area (Å²) in [6, 6.07) is 5.74. The molecule has 0 aliphatic carbocycles. The van der Waals surface area contributed by atoms with Gasteiger partial charge in [-0.2, -0.15) is 0 Å². The highest BCUT2D eigenvalue weighted by molar-refractivity contribution is 9.10. The van der Waals surface area contributed by atoms with Crippen LogP contribution in [-0.2, 0) is 6.42 Å². The van der Waals surface area contributed by atoms with Gasteiger partial charge in [0.05, 0.1) is 10.2 Å². The Morgan fingerprint density at radius 1 is 1.32 bits per heavy atom. The second kappa shape index (κ2) is 5.88. The molecule has 0 atom stereocenters. The van der Waals surface area contributed by atoms with Crippen molar-refractivity contribution in [1.29, 1.82) is 0 Å². The van der Waals surface area contributed by atoms with Gasteiger partial charge in [0.15, 0.2) is 5.82 Å². The fourth-order valence-corrected chi connectivity index (χ4v) is 2.77. The molecular weight excluding hydrogens is 326 g/mol. The molecule has 1 heterocycles. The number of aromatic nitrogens is 2. The third-order valence-electron chi connectivity index (χ3n) is 2.92. The first-order valence-corrected chi connectivity index (χ1v) is 7.24. The zero-order valence-corrected chi connectivity index (χ0v) is 13.4. The van der Waals surface area contributed by atoms with Crippen LogP contribution in [0.3, 0.4) is 0 Å². The molecular formula is C14H15BrClN3. The molecule has 0 radical (unpaired) electrons. The molecule has 0 unspecified atom stereocenters. The van der Waals surface area contributed by atoms with Crippen molar-refractivity contribution in [3.8, 4) is 11.4 Å². The Balaban J connectivity index is 2.62. The number of aryl methyl sites for hydroxylation is 2. The van der Waals surface area contributed by atoms with E-state index in [1.54, 1.807) is 0 Å². The fourth-order valence-electron chi connectivity index (χ4n) is 1.89. The lowest BCUT2D eigenvalue weighted by molar-refractivity contribution is 0.990. The number of rotatable bonds is 3. The Hall–Kier alpha value is -1.13. The maximum absolute atomic E-state index is 5.99. The largest absolute Gasteiger partial charge is 0.372 e. The zero-order valence-electron chi connectivity index (χ0n) is 11.1. The standard InChI is InChI=1S/C14H15BrClN3/c1-4-11-12(15)14(17-3)19-13(18-11)10-6-5-9(16)7-8(10)2/h5-7H,4H2,1-3H3,(H,17,18,19). The molecule has 19 heavy (non-hydrogen) atoms. The van der Waals surface area contributed by atoms with E-state index in [-0.39, 0.29) is 0 Å². The van der Waals surface area contributed by atoms with Gasteiger partial charge in [0.1, 0.15) is 5.82 Å². The number of nitrogens with one attached hydrogen (secondary N) is 1. The summed E-state index contributed by atoms with van der Waals surface area (Å²) < 4.78 is 0.924. The Bertz CT molecular complexity index is 589. The van der Waals surface area contributed by atoms with E-state index in [0.29, 0.717) is 0 Å². The average Bonchev–Trinajstić information content (AvgIpc) is 2.39. The minimum Gasteiger partial charge on any atom is -0.372 e. The van der Waals surface area contributed by atoms with Crippen molar-refractivity contribution in [2.75, 3.05) is 12.4 Å². The summed E-state index contributed by atoms with van der Waals surface area (Å²) in [5, 5.41) is 3.81. The Morgan fingerprint density at radius 2 is 2.05 bits per heavy atom. The van der Waals surface area contributed by atoms with Crippen LogP contribution >= 0.6 is 27.5 Å². The van der Waals surface area contributed by atoms with Crippen molar-refractivity contribution in [2.45, 2.75) is 20.3 Å². The van der Waals surface area contributed by atoms with Crippen molar-refractivity contribution in [3.63, 3.8) is 0 Å². The highest BCUT2D eigenvalue weighted by Crippen LogP contribution is 2.29. The summed E-state index contributed by atoms with van der Waals surface area (Å²) >= 11 is 9.52. The monoisotopic (exact) mass is 339 g/mol. The molecule has 0 saturated heterocycles. The first-order chi connectivity index (χ1) is 9.06. The summed E-state index contributed by atoms with van der Waals surface area (Å²) in [5.41, 5.74) is 3.06. The number of anilines is 1. The molecule has 100 valence electrons. The van der Waals surface area contributed by atoms with E-state index in [9.17, 15) is 0 Å². The number of hydrogen-bond donors (Lipinski definition) is 1. The van der Waals surface area contributed by atoms with Gasteiger partial charge in [-0.1, -0.05) is 18.5 Å². The van der Waals surface area contributed by atoms with Gasteiger partial charge in [0.25, 0.3) is 0 Å². The van der Waals surface area contributed by atoms with Crippen molar-refractivity contribution >= 4 is 33.3 Å². The van der Waals surface area contributed by atoms with E-state index in [2.05, 4.69) is 38.1 Å². The van der Waals surface area contributed by atoms with Gasteiger partial charge in [-0.05, 0) is 53.0 Å². The second-order valence-electron chi connectivity index (χ2n) is 4.22. The quantitative estimate of drug-likeness (QED) is 0.895. The van der Waals surface area contributed by atoms with Crippen molar-refractivity contribution in [2.24, 2.45) is 0 Å². The minimum atomic E-state index is 0.721. The van der Waals surface area contributed by atoms with Crippen LogP contribution in [0.1, 0.15) is 18.2 Å². The van der Waals surface area contributed by atoms with E-state index < -0.39 is 0 Å². The summed E-state index contributed by atoms with van der Waals surface area (Å²) in [7, 11) is 1.85. The molecule has 1 N–H and O–H groups in total.